The van der Waals surface area contributed by atoms with Crippen molar-refractivity contribution in [2.75, 3.05) is 0 Å². The van der Waals surface area contributed by atoms with Crippen LogP contribution in [0.15, 0.2) is 12.1 Å². The van der Waals surface area contributed by atoms with Gasteiger partial charge in [0.2, 0.25) is 0 Å². The van der Waals surface area contributed by atoms with Gasteiger partial charge in [-0.25, -0.2) is 4.39 Å². The first-order valence-electron chi connectivity index (χ1n) is 5.36. The molecule has 3 N–H and O–H groups in total. The largest absolute Gasteiger partial charge is 0.481 e. The SMILES string of the molecule is NC(CC(=O)O)c1cc2c(cc1F)CCC2. The summed E-state index contributed by atoms with van der Waals surface area (Å²) in [5.41, 5.74) is 8.13. The van der Waals surface area contributed by atoms with E-state index in [1.807, 2.05) is 0 Å². The predicted octanol–water partition coefficient (Wildman–Crippen LogP) is 1.79. The fourth-order valence-electron chi connectivity index (χ4n) is 2.20. The Morgan fingerprint density at radius 2 is 2.06 bits per heavy atom. The van der Waals surface area contributed by atoms with E-state index in [0.29, 0.717) is 5.56 Å². The topological polar surface area (TPSA) is 63.3 Å². The lowest BCUT2D eigenvalue weighted by molar-refractivity contribution is -0.137. The van der Waals surface area contributed by atoms with Gasteiger partial charge in [-0.15, -0.1) is 0 Å². The third-order valence-corrected chi connectivity index (χ3v) is 3.01. The van der Waals surface area contributed by atoms with Gasteiger partial charge in [0.15, 0.2) is 0 Å². The van der Waals surface area contributed by atoms with Gasteiger partial charge in [0.05, 0.1) is 6.42 Å². The van der Waals surface area contributed by atoms with E-state index >= 15 is 0 Å². The molecule has 0 saturated heterocycles. The van der Waals surface area contributed by atoms with E-state index < -0.39 is 12.0 Å². The number of nitrogens with two attached hydrogens (primary N) is 1. The van der Waals surface area contributed by atoms with E-state index in [0.717, 1.165) is 30.4 Å². The smallest absolute Gasteiger partial charge is 0.305 e. The van der Waals surface area contributed by atoms with Crippen LogP contribution in [0, 0.1) is 5.82 Å². The second-order valence-electron chi connectivity index (χ2n) is 4.20. The van der Waals surface area contributed by atoms with E-state index in [2.05, 4.69) is 0 Å². The Balaban J connectivity index is 2.30. The molecule has 0 fully saturated rings. The Hall–Kier alpha value is -1.42. The monoisotopic (exact) mass is 223 g/mol. The van der Waals surface area contributed by atoms with Crippen molar-refractivity contribution in [2.45, 2.75) is 31.7 Å². The van der Waals surface area contributed by atoms with Gasteiger partial charge >= 0.3 is 5.97 Å². The summed E-state index contributed by atoms with van der Waals surface area (Å²) in [5.74, 6) is -1.39. The molecule has 16 heavy (non-hydrogen) atoms. The van der Waals surface area contributed by atoms with Crippen molar-refractivity contribution < 1.29 is 14.3 Å². The van der Waals surface area contributed by atoms with Gasteiger partial charge in [0.1, 0.15) is 5.82 Å². The molecule has 2 rings (SSSR count). The van der Waals surface area contributed by atoms with Crippen LogP contribution in [0.25, 0.3) is 0 Å². The molecule has 0 heterocycles. The van der Waals surface area contributed by atoms with Crippen LogP contribution in [-0.4, -0.2) is 11.1 Å². The number of halogens is 1. The average Bonchev–Trinajstić information content (AvgIpc) is 2.61. The van der Waals surface area contributed by atoms with Gasteiger partial charge in [-0.3, -0.25) is 4.79 Å². The molecular formula is C12H14FNO2. The number of carbonyl (C=O) groups is 1. The summed E-state index contributed by atoms with van der Waals surface area (Å²) >= 11 is 0. The lowest BCUT2D eigenvalue weighted by Crippen LogP contribution is -2.16. The molecule has 1 aliphatic carbocycles. The number of rotatable bonds is 3. The van der Waals surface area contributed by atoms with Crippen molar-refractivity contribution in [1.82, 2.24) is 0 Å². The number of hydrogen-bond donors (Lipinski definition) is 2. The van der Waals surface area contributed by atoms with Crippen LogP contribution in [0.5, 0.6) is 0 Å². The second-order valence-corrected chi connectivity index (χ2v) is 4.20. The maximum Gasteiger partial charge on any atom is 0.305 e. The van der Waals surface area contributed by atoms with Crippen LogP contribution in [0.3, 0.4) is 0 Å². The molecule has 1 aromatic carbocycles. The number of aliphatic carboxylic acids is 1. The number of carboxylic acids is 1. The van der Waals surface area contributed by atoms with E-state index in [-0.39, 0.29) is 12.2 Å². The maximum atomic E-state index is 13.7. The van der Waals surface area contributed by atoms with Crippen molar-refractivity contribution in [2.24, 2.45) is 5.73 Å². The van der Waals surface area contributed by atoms with Gasteiger partial charge in [-0.2, -0.15) is 0 Å². The van der Waals surface area contributed by atoms with Crippen LogP contribution in [0.1, 0.15) is 35.6 Å². The molecule has 3 nitrogen and oxygen atoms in total. The second kappa shape index (κ2) is 4.22. The van der Waals surface area contributed by atoms with E-state index in [9.17, 15) is 9.18 Å². The zero-order chi connectivity index (χ0) is 11.7. The summed E-state index contributed by atoms with van der Waals surface area (Å²) in [6.45, 7) is 0. The highest BCUT2D eigenvalue weighted by Gasteiger charge is 2.19. The Morgan fingerprint density at radius 1 is 1.44 bits per heavy atom. The quantitative estimate of drug-likeness (QED) is 0.821. The average molecular weight is 223 g/mol. The van der Waals surface area contributed by atoms with Gasteiger partial charge in [-0.1, -0.05) is 6.07 Å². The zero-order valence-electron chi connectivity index (χ0n) is 8.87. The number of benzene rings is 1. The fraction of sp³-hybridized carbons (Fsp3) is 0.417. The van der Waals surface area contributed by atoms with Crippen LogP contribution >= 0.6 is 0 Å². The summed E-state index contributed by atoms with van der Waals surface area (Å²) in [6.07, 6.45) is 2.63. The molecule has 1 aromatic rings. The lowest BCUT2D eigenvalue weighted by atomic mass is 9.99. The highest BCUT2D eigenvalue weighted by Crippen LogP contribution is 2.28. The molecule has 1 unspecified atom stereocenters. The van der Waals surface area contributed by atoms with Gasteiger partial charge < -0.3 is 10.8 Å². The van der Waals surface area contributed by atoms with Crippen LogP contribution in [0.2, 0.25) is 0 Å². The summed E-state index contributed by atoms with van der Waals surface area (Å²) in [7, 11) is 0. The number of aryl methyl sites for hydroxylation is 2. The Morgan fingerprint density at radius 3 is 2.69 bits per heavy atom. The Labute approximate surface area is 93.1 Å². The molecular weight excluding hydrogens is 209 g/mol. The first-order chi connectivity index (χ1) is 7.58. The first kappa shape index (κ1) is 11.1. The Bertz CT molecular complexity index is 431. The van der Waals surface area contributed by atoms with E-state index in [4.69, 9.17) is 10.8 Å². The predicted molar refractivity (Wildman–Crippen MR) is 57.6 cm³/mol. The summed E-state index contributed by atoms with van der Waals surface area (Å²) in [5, 5.41) is 8.63. The Kier molecular flexibility index (Phi) is 2.92. The van der Waals surface area contributed by atoms with E-state index in [1.165, 1.54) is 6.07 Å². The third kappa shape index (κ3) is 2.07. The molecule has 4 heteroatoms. The van der Waals surface area contributed by atoms with Gasteiger partial charge in [0.25, 0.3) is 0 Å². The summed E-state index contributed by atoms with van der Waals surface area (Å²) in [4.78, 5) is 10.5. The van der Waals surface area contributed by atoms with Crippen molar-refractivity contribution in [3.63, 3.8) is 0 Å². The van der Waals surface area contributed by atoms with Crippen LogP contribution in [-0.2, 0) is 17.6 Å². The van der Waals surface area contributed by atoms with Crippen molar-refractivity contribution in [1.29, 1.82) is 0 Å². The number of hydrogen-bond acceptors (Lipinski definition) is 2. The molecule has 0 aliphatic heterocycles. The minimum Gasteiger partial charge on any atom is -0.481 e. The molecule has 0 aromatic heterocycles. The maximum absolute atomic E-state index is 13.7. The molecule has 0 saturated carbocycles. The highest BCUT2D eigenvalue weighted by atomic mass is 19.1. The van der Waals surface area contributed by atoms with Crippen molar-refractivity contribution >= 4 is 5.97 Å². The minimum absolute atomic E-state index is 0.240. The fourth-order valence-corrected chi connectivity index (χ4v) is 2.20. The molecule has 1 atom stereocenters. The molecule has 1 aliphatic rings. The zero-order valence-corrected chi connectivity index (χ0v) is 8.87. The minimum atomic E-state index is -1.01. The number of fused-ring (bicyclic) bond motifs is 1. The summed E-state index contributed by atoms with van der Waals surface area (Å²) < 4.78 is 13.7. The molecule has 86 valence electrons. The molecule has 0 radical (unpaired) electrons. The standard InChI is InChI=1S/C12H14FNO2/c13-10-5-8-3-1-2-7(8)4-9(10)11(14)6-12(15)16/h4-5,11H,1-3,6,14H2,(H,15,16). The molecule has 0 amide bonds. The van der Waals surface area contributed by atoms with Crippen LogP contribution < -0.4 is 5.73 Å². The van der Waals surface area contributed by atoms with Gasteiger partial charge in [-0.05, 0) is 36.5 Å². The lowest BCUT2D eigenvalue weighted by Gasteiger charge is -2.12. The first-order valence-corrected chi connectivity index (χ1v) is 5.36. The number of carboxylic acid groups (broad SMARTS) is 1. The van der Waals surface area contributed by atoms with Gasteiger partial charge in [0, 0.05) is 11.6 Å². The molecule has 0 bridgehead atoms. The summed E-state index contributed by atoms with van der Waals surface area (Å²) in [6, 6.07) is 2.47. The molecule has 0 spiro atoms. The normalized spacial score (nSPS) is 15.9. The highest BCUT2D eigenvalue weighted by molar-refractivity contribution is 5.68. The van der Waals surface area contributed by atoms with Crippen LogP contribution in [0.4, 0.5) is 4.39 Å². The van der Waals surface area contributed by atoms with E-state index in [1.54, 1.807) is 6.07 Å². The van der Waals surface area contributed by atoms with Crippen molar-refractivity contribution in [3.05, 3.63) is 34.6 Å². The third-order valence-electron chi connectivity index (χ3n) is 3.01. The van der Waals surface area contributed by atoms with Crippen molar-refractivity contribution in [3.8, 4) is 0 Å².